The average Bonchev–Trinajstić information content (AvgIpc) is 2.44. The van der Waals surface area contributed by atoms with Gasteiger partial charge in [0, 0.05) is 31.9 Å². The van der Waals surface area contributed by atoms with Gasteiger partial charge in [0.2, 0.25) is 0 Å². The third kappa shape index (κ3) is 2.45. The van der Waals surface area contributed by atoms with Crippen molar-refractivity contribution in [3.8, 4) is 5.75 Å². The van der Waals surface area contributed by atoms with Crippen molar-refractivity contribution in [1.82, 2.24) is 9.55 Å². The molecule has 6 heteroatoms. The number of rotatable bonds is 3. The van der Waals surface area contributed by atoms with Crippen molar-refractivity contribution in [2.24, 2.45) is 7.05 Å². The predicted octanol–water partition coefficient (Wildman–Crippen LogP) is 1.16. The molecule has 1 heterocycles. The first kappa shape index (κ1) is 13.9. The number of anilines is 2. The summed E-state index contributed by atoms with van der Waals surface area (Å²) in [5.41, 5.74) is 1.03. The van der Waals surface area contributed by atoms with Crippen molar-refractivity contribution in [2.45, 2.75) is 6.92 Å². The number of nitrogens with zero attached hydrogens (tertiary/aromatic N) is 2. The summed E-state index contributed by atoms with van der Waals surface area (Å²) >= 11 is 0. The van der Waals surface area contributed by atoms with Gasteiger partial charge < -0.3 is 9.64 Å². The molecule has 2 rings (SSSR count). The minimum Gasteiger partial charge on any atom is -0.496 e. The van der Waals surface area contributed by atoms with Crippen LogP contribution in [0.2, 0.25) is 0 Å². The number of aromatic amines is 1. The summed E-state index contributed by atoms with van der Waals surface area (Å²) in [6.45, 7) is 1.95. The van der Waals surface area contributed by atoms with Crippen LogP contribution in [0.5, 0.6) is 5.75 Å². The lowest BCUT2D eigenvalue weighted by Crippen LogP contribution is -2.33. The third-order valence-electron chi connectivity index (χ3n) is 3.27. The maximum Gasteiger partial charge on any atom is 0.329 e. The van der Waals surface area contributed by atoms with E-state index in [1.165, 1.54) is 13.1 Å². The van der Waals surface area contributed by atoms with Crippen LogP contribution in [-0.4, -0.2) is 23.7 Å². The van der Waals surface area contributed by atoms with E-state index >= 15 is 0 Å². The first-order valence-corrected chi connectivity index (χ1v) is 6.12. The summed E-state index contributed by atoms with van der Waals surface area (Å²) < 4.78 is 6.29. The number of aromatic nitrogens is 2. The molecule has 6 nitrogen and oxygen atoms in total. The Morgan fingerprint density at radius 3 is 2.55 bits per heavy atom. The van der Waals surface area contributed by atoms with Gasteiger partial charge in [-0.15, -0.1) is 0 Å². The molecular weight excluding hydrogens is 258 g/mol. The predicted molar refractivity (Wildman–Crippen MR) is 78.1 cm³/mol. The van der Waals surface area contributed by atoms with Crippen LogP contribution in [0, 0.1) is 6.92 Å². The second-order valence-corrected chi connectivity index (χ2v) is 4.57. The maximum absolute atomic E-state index is 11.7. The number of ether oxygens (including phenoxy) is 1. The number of aryl methyl sites for hydroxylation is 1. The van der Waals surface area contributed by atoms with E-state index in [1.54, 1.807) is 19.1 Å². The van der Waals surface area contributed by atoms with Crippen molar-refractivity contribution >= 4 is 11.5 Å². The Labute approximate surface area is 116 Å². The molecule has 0 atom stereocenters. The molecule has 0 aliphatic rings. The van der Waals surface area contributed by atoms with Gasteiger partial charge in [0.1, 0.15) is 11.6 Å². The summed E-state index contributed by atoms with van der Waals surface area (Å²) in [5, 5.41) is 0. The molecule has 0 spiro atoms. The Balaban J connectivity index is 2.48. The Kier molecular flexibility index (Phi) is 3.65. The van der Waals surface area contributed by atoms with Gasteiger partial charge in [0.05, 0.1) is 7.11 Å². The number of benzene rings is 1. The molecule has 1 aromatic carbocycles. The minimum atomic E-state index is -0.446. The highest BCUT2D eigenvalue weighted by Crippen LogP contribution is 2.27. The zero-order valence-electron chi connectivity index (χ0n) is 11.9. The van der Waals surface area contributed by atoms with Crippen LogP contribution in [0.15, 0.2) is 33.9 Å². The standard InChI is InChI=1S/C14H17N3O3/c1-9-5-6-10(7-11(9)20-4)16(2)12-8-13(18)17(3)14(19)15-12/h5-8H,1-4H3,(H,15,19). The third-order valence-corrected chi connectivity index (χ3v) is 3.27. The van der Waals surface area contributed by atoms with Gasteiger partial charge in [-0.3, -0.25) is 14.3 Å². The summed E-state index contributed by atoms with van der Waals surface area (Å²) in [6.07, 6.45) is 0. The Morgan fingerprint density at radius 1 is 1.25 bits per heavy atom. The number of H-pyrrole nitrogens is 1. The molecule has 1 aromatic heterocycles. The molecule has 2 aromatic rings. The zero-order chi connectivity index (χ0) is 14.9. The molecule has 0 aliphatic carbocycles. The molecule has 106 valence electrons. The van der Waals surface area contributed by atoms with Gasteiger partial charge in [-0.05, 0) is 18.6 Å². The maximum atomic E-state index is 11.7. The molecule has 0 saturated heterocycles. The lowest BCUT2D eigenvalue weighted by atomic mass is 10.2. The quantitative estimate of drug-likeness (QED) is 0.912. The first-order chi connectivity index (χ1) is 9.43. The highest BCUT2D eigenvalue weighted by Gasteiger charge is 2.09. The fraction of sp³-hybridized carbons (Fsp3) is 0.286. The molecule has 0 radical (unpaired) electrons. The van der Waals surface area contributed by atoms with E-state index in [-0.39, 0.29) is 5.56 Å². The normalized spacial score (nSPS) is 10.4. The molecule has 0 unspecified atom stereocenters. The zero-order valence-corrected chi connectivity index (χ0v) is 11.9. The van der Waals surface area contributed by atoms with Crippen LogP contribution in [0.1, 0.15) is 5.56 Å². The highest BCUT2D eigenvalue weighted by molar-refractivity contribution is 5.61. The van der Waals surface area contributed by atoms with E-state index in [0.717, 1.165) is 21.6 Å². The molecular formula is C14H17N3O3. The second kappa shape index (κ2) is 5.24. The Bertz CT molecular complexity index is 715. The summed E-state index contributed by atoms with van der Waals surface area (Å²) in [6, 6.07) is 7.05. The minimum absolute atomic E-state index is 0.352. The Morgan fingerprint density at radius 2 is 1.95 bits per heavy atom. The molecule has 1 N–H and O–H groups in total. The van der Waals surface area contributed by atoms with E-state index in [0.29, 0.717) is 5.82 Å². The van der Waals surface area contributed by atoms with Crippen LogP contribution >= 0.6 is 0 Å². The van der Waals surface area contributed by atoms with Crippen LogP contribution in [-0.2, 0) is 7.05 Å². The van der Waals surface area contributed by atoms with E-state index in [2.05, 4.69) is 4.98 Å². The van der Waals surface area contributed by atoms with E-state index in [9.17, 15) is 9.59 Å². The monoisotopic (exact) mass is 275 g/mol. The molecule has 0 bridgehead atoms. The number of hydrogen-bond acceptors (Lipinski definition) is 4. The molecule has 20 heavy (non-hydrogen) atoms. The van der Waals surface area contributed by atoms with Gasteiger partial charge in [0.25, 0.3) is 5.56 Å². The van der Waals surface area contributed by atoms with E-state index in [1.807, 2.05) is 25.1 Å². The van der Waals surface area contributed by atoms with Gasteiger partial charge in [-0.1, -0.05) is 6.07 Å². The fourth-order valence-electron chi connectivity index (χ4n) is 1.88. The van der Waals surface area contributed by atoms with Crippen molar-refractivity contribution < 1.29 is 4.74 Å². The number of hydrogen-bond donors (Lipinski definition) is 1. The average molecular weight is 275 g/mol. The first-order valence-electron chi connectivity index (χ1n) is 6.12. The molecule has 0 fully saturated rings. The second-order valence-electron chi connectivity index (χ2n) is 4.57. The molecule has 0 saturated carbocycles. The van der Waals surface area contributed by atoms with E-state index in [4.69, 9.17) is 4.74 Å². The topological polar surface area (TPSA) is 67.3 Å². The van der Waals surface area contributed by atoms with Crippen LogP contribution in [0.4, 0.5) is 11.5 Å². The van der Waals surface area contributed by atoms with Crippen LogP contribution in [0.25, 0.3) is 0 Å². The number of nitrogens with one attached hydrogen (secondary N) is 1. The summed E-state index contributed by atoms with van der Waals surface area (Å²) in [7, 11) is 4.81. The lowest BCUT2D eigenvalue weighted by molar-refractivity contribution is 0.412. The van der Waals surface area contributed by atoms with Gasteiger partial charge in [0.15, 0.2) is 0 Å². The number of methoxy groups -OCH3 is 1. The smallest absolute Gasteiger partial charge is 0.329 e. The van der Waals surface area contributed by atoms with Gasteiger partial charge in [-0.25, -0.2) is 4.79 Å². The molecule has 0 aliphatic heterocycles. The van der Waals surface area contributed by atoms with Crippen LogP contribution in [0.3, 0.4) is 0 Å². The highest BCUT2D eigenvalue weighted by atomic mass is 16.5. The summed E-state index contributed by atoms with van der Waals surface area (Å²) in [4.78, 5) is 27.7. The van der Waals surface area contributed by atoms with Crippen molar-refractivity contribution in [1.29, 1.82) is 0 Å². The van der Waals surface area contributed by atoms with Gasteiger partial charge >= 0.3 is 5.69 Å². The summed E-state index contributed by atoms with van der Waals surface area (Å²) in [5.74, 6) is 1.18. The van der Waals surface area contributed by atoms with E-state index < -0.39 is 5.69 Å². The Hall–Kier alpha value is -2.50. The molecule has 0 amide bonds. The SMILES string of the molecule is COc1cc(N(C)c2cc(=O)n(C)c(=O)[nH]2)ccc1C. The van der Waals surface area contributed by atoms with Crippen molar-refractivity contribution in [3.05, 3.63) is 50.7 Å². The van der Waals surface area contributed by atoms with Crippen LogP contribution < -0.4 is 20.9 Å². The largest absolute Gasteiger partial charge is 0.496 e. The van der Waals surface area contributed by atoms with Crippen molar-refractivity contribution in [3.63, 3.8) is 0 Å². The lowest BCUT2D eigenvalue weighted by Gasteiger charge is -2.20. The fourth-order valence-corrected chi connectivity index (χ4v) is 1.88. The van der Waals surface area contributed by atoms with Gasteiger partial charge in [-0.2, -0.15) is 0 Å². The van der Waals surface area contributed by atoms with Crippen molar-refractivity contribution in [2.75, 3.05) is 19.1 Å².